The van der Waals surface area contributed by atoms with E-state index < -0.39 is 0 Å². The van der Waals surface area contributed by atoms with Crippen LogP contribution < -0.4 is 11.3 Å². The molecule has 2 aromatic rings. The number of nitrogens with two attached hydrogens (primary N) is 1. The molecule has 0 bridgehead atoms. The van der Waals surface area contributed by atoms with Crippen LogP contribution in [-0.4, -0.2) is 19.5 Å². The van der Waals surface area contributed by atoms with Crippen molar-refractivity contribution in [3.63, 3.8) is 0 Å². The monoisotopic (exact) mass is 204 g/mol. The minimum absolute atomic E-state index is 0.189. The lowest BCUT2D eigenvalue weighted by molar-refractivity contribution is 0.576. The molecule has 6 nitrogen and oxygen atoms in total. The average molecular weight is 204 g/mol. The highest BCUT2D eigenvalue weighted by atomic mass is 15.3. The SMILES string of the molecule is Cn1ccnc1C(NN)c1cncnc1. The fraction of sp³-hybridized carbons (Fsp3) is 0.222. The molecule has 0 aliphatic heterocycles. The van der Waals surface area contributed by atoms with Crippen LogP contribution >= 0.6 is 0 Å². The fourth-order valence-corrected chi connectivity index (χ4v) is 1.43. The van der Waals surface area contributed by atoms with Gasteiger partial charge in [-0.25, -0.2) is 20.4 Å². The molecule has 6 heteroatoms. The zero-order valence-corrected chi connectivity index (χ0v) is 8.33. The Morgan fingerprint density at radius 3 is 2.67 bits per heavy atom. The van der Waals surface area contributed by atoms with Crippen LogP contribution in [0.25, 0.3) is 0 Å². The van der Waals surface area contributed by atoms with Crippen molar-refractivity contribution in [3.05, 3.63) is 42.5 Å². The zero-order valence-electron chi connectivity index (χ0n) is 8.33. The van der Waals surface area contributed by atoms with Gasteiger partial charge in [0.05, 0.1) is 0 Å². The summed E-state index contributed by atoms with van der Waals surface area (Å²) < 4.78 is 1.90. The largest absolute Gasteiger partial charge is 0.336 e. The van der Waals surface area contributed by atoms with Gasteiger partial charge < -0.3 is 4.57 Å². The maximum Gasteiger partial charge on any atom is 0.131 e. The van der Waals surface area contributed by atoms with Crippen molar-refractivity contribution in [1.82, 2.24) is 24.9 Å². The summed E-state index contributed by atoms with van der Waals surface area (Å²) >= 11 is 0. The third-order valence-corrected chi connectivity index (χ3v) is 2.20. The molecule has 0 aliphatic carbocycles. The third kappa shape index (κ3) is 1.85. The van der Waals surface area contributed by atoms with Crippen molar-refractivity contribution in [2.45, 2.75) is 6.04 Å². The summed E-state index contributed by atoms with van der Waals surface area (Å²) in [6.45, 7) is 0. The van der Waals surface area contributed by atoms with E-state index in [1.807, 2.05) is 17.8 Å². The molecule has 0 radical (unpaired) electrons. The highest BCUT2D eigenvalue weighted by Crippen LogP contribution is 2.16. The first-order valence-electron chi connectivity index (χ1n) is 4.51. The van der Waals surface area contributed by atoms with E-state index in [0.29, 0.717) is 0 Å². The minimum atomic E-state index is -0.189. The van der Waals surface area contributed by atoms with Crippen molar-refractivity contribution >= 4 is 0 Å². The van der Waals surface area contributed by atoms with Gasteiger partial charge >= 0.3 is 0 Å². The van der Waals surface area contributed by atoms with Gasteiger partial charge in [0.2, 0.25) is 0 Å². The molecule has 0 amide bonds. The Balaban J connectivity index is 2.37. The van der Waals surface area contributed by atoms with Gasteiger partial charge in [-0.05, 0) is 0 Å². The zero-order chi connectivity index (χ0) is 10.7. The molecular weight excluding hydrogens is 192 g/mol. The molecule has 15 heavy (non-hydrogen) atoms. The summed E-state index contributed by atoms with van der Waals surface area (Å²) in [4.78, 5) is 12.1. The number of hydrogen-bond donors (Lipinski definition) is 2. The Bertz CT molecular complexity index is 423. The Kier molecular flexibility index (Phi) is 2.70. The number of aryl methyl sites for hydroxylation is 1. The van der Waals surface area contributed by atoms with E-state index in [0.717, 1.165) is 11.4 Å². The third-order valence-electron chi connectivity index (χ3n) is 2.20. The highest BCUT2D eigenvalue weighted by Gasteiger charge is 2.16. The van der Waals surface area contributed by atoms with Crippen LogP contribution in [0.4, 0.5) is 0 Å². The molecule has 0 aromatic carbocycles. The molecule has 0 fully saturated rings. The van der Waals surface area contributed by atoms with Crippen molar-refractivity contribution in [2.24, 2.45) is 12.9 Å². The van der Waals surface area contributed by atoms with Gasteiger partial charge in [0.25, 0.3) is 0 Å². The van der Waals surface area contributed by atoms with E-state index in [9.17, 15) is 0 Å². The van der Waals surface area contributed by atoms with Crippen LogP contribution in [0.1, 0.15) is 17.4 Å². The predicted octanol–water partition coefficient (Wildman–Crippen LogP) is -0.237. The Morgan fingerprint density at radius 2 is 2.13 bits per heavy atom. The van der Waals surface area contributed by atoms with E-state index in [-0.39, 0.29) is 6.04 Å². The second-order valence-electron chi connectivity index (χ2n) is 3.17. The van der Waals surface area contributed by atoms with E-state index >= 15 is 0 Å². The second-order valence-corrected chi connectivity index (χ2v) is 3.17. The van der Waals surface area contributed by atoms with Crippen LogP contribution in [0.15, 0.2) is 31.1 Å². The van der Waals surface area contributed by atoms with E-state index in [4.69, 9.17) is 5.84 Å². The summed E-state index contributed by atoms with van der Waals surface area (Å²) in [6, 6.07) is -0.189. The Hall–Kier alpha value is -1.79. The smallest absolute Gasteiger partial charge is 0.131 e. The lowest BCUT2D eigenvalue weighted by atomic mass is 10.1. The molecule has 0 saturated carbocycles. The van der Waals surface area contributed by atoms with Gasteiger partial charge in [0, 0.05) is 37.4 Å². The molecule has 2 aromatic heterocycles. The van der Waals surface area contributed by atoms with Gasteiger partial charge in [-0.15, -0.1) is 0 Å². The number of imidazole rings is 1. The molecule has 0 aliphatic rings. The van der Waals surface area contributed by atoms with Gasteiger partial charge in [0.15, 0.2) is 0 Å². The van der Waals surface area contributed by atoms with Gasteiger partial charge in [-0.3, -0.25) is 5.84 Å². The number of nitrogens with zero attached hydrogens (tertiary/aromatic N) is 4. The lowest BCUT2D eigenvalue weighted by Crippen LogP contribution is -2.31. The maximum atomic E-state index is 5.51. The maximum absolute atomic E-state index is 5.51. The van der Waals surface area contributed by atoms with Crippen molar-refractivity contribution in [3.8, 4) is 0 Å². The van der Waals surface area contributed by atoms with Gasteiger partial charge in [-0.2, -0.15) is 0 Å². The first-order valence-corrected chi connectivity index (χ1v) is 4.51. The number of aromatic nitrogens is 4. The van der Waals surface area contributed by atoms with Crippen molar-refractivity contribution < 1.29 is 0 Å². The van der Waals surface area contributed by atoms with Gasteiger partial charge in [0.1, 0.15) is 18.2 Å². The van der Waals surface area contributed by atoms with Crippen LogP contribution in [0.5, 0.6) is 0 Å². The quantitative estimate of drug-likeness (QED) is 0.533. The standard InChI is InChI=1S/C9H12N6/c1-15-3-2-13-9(15)8(14-10)7-4-11-6-12-5-7/h2-6,8,14H,10H2,1H3. The van der Waals surface area contributed by atoms with Gasteiger partial charge in [-0.1, -0.05) is 0 Å². The molecular formula is C9H12N6. The second kappa shape index (κ2) is 4.16. The van der Waals surface area contributed by atoms with Crippen molar-refractivity contribution in [2.75, 3.05) is 0 Å². The average Bonchev–Trinajstić information content (AvgIpc) is 2.68. The normalized spacial score (nSPS) is 12.7. The molecule has 78 valence electrons. The molecule has 0 spiro atoms. The van der Waals surface area contributed by atoms with Crippen LogP contribution in [-0.2, 0) is 7.05 Å². The fourth-order valence-electron chi connectivity index (χ4n) is 1.43. The summed E-state index contributed by atoms with van der Waals surface area (Å²) in [7, 11) is 1.91. The highest BCUT2D eigenvalue weighted by molar-refractivity contribution is 5.18. The summed E-state index contributed by atoms with van der Waals surface area (Å²) in [6.07, 6.45) is 8.50. The van der Waals surface area contributed by atoms with Crippen molar-refractivity contribution in [1.29, 1.82) is 0 Å². The van der Waals surface area contributed by atoms with Crippen LogP contribution in [0.3, 0.4) is 0 Å². The van der Waals surface area contributed by atoms with E-state index in [1.54, 1.807) is 18.6 Å². The lowest BCUT2D eigenvalue weighted by Gasteiger charge is -2.14. The summed E-state index contributed by atoms with van der Waals surface area (Å²) in [5, 5.41) is 0. The summed E-state index contributed by atoms with van der Waals surface area (Å²) in [5.74, 6) is 6.33. The van der Waals surface area contributed by atoms with E-state index in [2.05, 4.69) is 20.4 Å². The number of hydrogen-bond acceptors (Lipinski definition) is 5. The van der Waals surface area contributed by atoms with Crippen LogP contribution in [0.2, 0.25) is 0 Å². The topological polar surface area (TPSA) is 81.7 Å². The molecule has 2 rings (SSSR count). The number of hydrazine groups is 1. The minimum Gasteiger partial charge on any atom is -0.336 e. The van der Waals surface area contributed by atoms with Crippen LogP contribution in [0, 0.1) is 0 Å². The first kappa shape index (κ1) is 9.75. The first-order chi connectivity index (χ1) is 7.33. The van der Waals surface area contributed by atoms with E-state index in [1.165, 1.54) is 6.33 Å². The number of rotatable bonds is 3. The molecule has 3 N–H and O–H groups in total. The Labute approximate surface area is 87.2 Å². The number of nitrogens with one attached hydrogen (secondary N) is 1. The molecule has 1 atom stereocenters. The molecule has 0 saturated heterocycles. The predicted molar refractivity (Wildman–Crippen MR) is 54.4 cm³/mol. The molecule has 2 heterocycles. The molecule has 1 unspecified atom stereocenters. The Morgan fingerprint density at radius 1 is 1.40 bits per heavy atom. The summed E-state index contributed by atoms with van der Waals surface area (Å²) in [5.41, 5.74) is 3.58.